The number of benzene rings is 1. The first kappa shape index (κ1) is 13.1. The lowest BCUT2D eigenvalue weighted by Gasteiger charge is -2.11. The van der Waals surface area contributed by atoms with Crippen LogP contribution < -0.4 is 4.74 Å². The van der Waals surface area contributed by atoms with Gasteiger partial charge in [-0.2, -0.15) is 13.2 Å². The lowest BCUT2D eigenvalue weighted by atomic mass is 10.1. The quantitative estimate of drug-likeness (QED) is 0.796. The average Bonchev–Trinajstić information content (AvgIpc) is 2.39. The number of alkyl halides is 3. The van der Waals surface area contributed by atoms with E-state index >= 15 is 0 Å². The van der Waals surface area contributed by atoms with Crippen molar-refractivity contribution in [1.29, 1.82) is 0 Å². The SMILES string of the molecule is O=Cc1ccc(Oc2cccnc2)cc1C(F)(F)F. The zero-order valence-electron chi connectivity index (χ0n) is 9.52. The van der Waals surface area contributed by atoms with Crippen molar-refractivity contribution in [1.82, 2.24) is 4.98 Å². The van der Waals surface area contributed by atoms with Crippen molar-refractivity contribution >= 4 is 6.29 Å². The lowest BCUT2D eigenvalue weighted by Crippen LogP contribution is -2.09. The molecule has 0 unspecified atom stereocenters. The van der Waals surface area contributed by atoms with Crippen LogP contribution in [0.25, 0.3) is 0 Å². The Morgan fingerprint density at radius 1 is 1.16 bits per heavy atom. The van der Waals surface area contributed by atoms with Gasteiger partial charge >= 0.3 is 6.18 Å². The second-order valence-corrected chi connectivity index (χ2v) is 3.66. The van der Waals surface area contributed by atoms with Gasteiger partial charge in [-0.25, -0.2) is 0 Å². The molecule has 0 atom stereocenters. The van der Waals surface area contributed by atoms with Crippen LogP contribution in [0.4, 0.5) is 13.2 Å². The van der Waals surface area contributed by atoms with E-state index in [-0.39, 0.29) is 12.0 Å². The van der Waals surface area contributed by atoms with Crippen LogP contribution in [0, 0.1) is 0 Å². The van der Waals surface area contributed by atoms with Gasteiger partial charge in [0.1, 0.15) is 11.5 Å². The third-order valence-electron chi connectivity index (χ3n) is 2.33. The number of pyridine rings is 1. The number of carbonyl (C=O) groups is 1. The molecule has 0 aliphatic heterocycles. The van der Waals surface area contributed by atoms with E-state index in [1.54, 1.807) is 12.1 Å². The summed E-state index contributed by atoms with van der Waals surface area (Å²) in [6.45, 7) is 0. The van der Waals surface area contributed by atoms with Crippen LogP contribution in [-0.2, 0) is 6.18 Å². The number of aldehydes is 1. The monoisotopic (exact) mass is 267 g/mol. The van der Waals surface area contributed by atoms with Crippen molar-refractivity contribution in [2.75, 3.05) is 0 Å². The molecule has 1 aromatic heterocycles. The Hall–Kier alpha value is -2.37. The first-order valence-electron chi connectivity index (χ1n) is 5.25. The van der Waals surface area contributed by atoms with Gasteiger partial charge < -0.3 is 4.74 Å². The summed E-state index contributed by atoms with van der Waals surface area (Å²) >= 11 is 0. The summed E-state index contributed by atoms with van der Waals surface area (Å²) in [7, 11) is 0. The molecular formula is C13H8F3NO2. The normalized spacial score (nSPS) is 11.1. The Labute approximate surface area is 106 Å². The predicted molar refractivity (Wildman–Crippen MR) is 61.1 cm³/mol. The topological polar surface area (TPSA) is 39.2 Å². The lowest BCUT2D eigenvalue weighted by molar-refractivity contribution is -0.137. The molecule has 0 N–H and O–H groups in total. The maximum Gasteiger partial charge on any atom is 0.417 e. The Kier molecular flexibility index (Phi) is 3.50. The highest BCUT2D eigenvalue weighted by Gasteiger charge is 2.33. The fourth-order valence-corrected chi connectivity index (χ4v) is 1.49. The first-order chi connectivity index (χ1) is 9.00. The van der Waals surface area contributed by atoms with Gasteiger partial charge in [-0.15, -0.1) is 0 Å². The van der Waals surface area contributed by atoms with Gasteiger partial charge in [0.15, 0.2) is 6.29 Å². The minimum absolute atomic E-state index is 0.00840. The Bertz CT molecular complexity index is 582. The minimum atomic E-state index is -4.61. The van der Waals surface area contributed by atoms with Crippen molar-refractivity contribution in [3.63, 3.8) is 0 Å². The zero-order valence-corrected chi connectivity index (χ0v) is 9.52. The molecule has 0 radical (unpaired) electrons. The van der Waals surface area contributed by atoms with Crippen LogP contribution in [0.3, 0.4) is 0 Å². The third kappa shape index (κ3) is 3.09. The first-order valence-corrected chi connectivity index (χ1v) is 5.25. The number of halogens is 3. The molecule has 1 aromatic carbocycles. The molecule has 0 aliphatic carbocycles. The molecule has 19 heavy (non-hydrogen) atoms. The molecule has 0 saturated carbocycles. The Morgan fingerprint density at radius 3 is 2.53 bits per heavy atom. The van der Waals surface area contributed by atoms with Crippen LogP contribution in [0.5, 0.6) is 11.5 Å². The smallest absolute Gasteiger partial charge is 0.417 e. The molecule has 0 amide bonds. The van der Waals surface area contributed by atoms with Crippen LogP contribution in [-0.4, -0.2) is 11.3 Å². The van der Waals surface area contributed by atoms with Crippen LogP contribution in [0.2, 0.25) is 0 Å². The largest absolute Gasteiger partial charge is 0.456 e. The molecular weight excluding hydrogens is 259 g/mol. The van der Waals surface area contributed by atoms with Crippen LogP contribution in [0.15, 0.2) is 42.7 Å². The molecule has 0 bridgehead atoms. The van der Waals surface area contributed by atoms with E-state index in [0.29, 0.717) is 5.75 Å². The molecule has 0 spiro atoms. The maximum atomic E-state index is 12.7. The molecule has 98 valence electrons. The molecule has 0 fully saturated rings. The van der Waals surface area contributed by atoms with Gasteiger partial charge in [-0.1, -0.05) is 0 Å². The number of aromatic nitrogens is 1. The van der Waals surface area contributed by atoms with Gasteiger partial charge in [0.25, 0.3) is 0 Å². The zero-order chi connectivity index (χ0) is 13.9. The molecule has 3 nitrogen and oxygen atoms in total. The molecule has 1 heterocycles. The number of rotatable bonds is 3. The Morgan fingerprint density at radius 2 is 1.95 bits per heavy atom. The van der Waals surface area contributed by atoms with Crippen molar-refractivity contribution in [2.45, 2.75) is 6.18 Å². The van der Waals surface area contributed by atoms with Gasteiger partial charge in [-0.05, 0) is 30.3 Å². The van der Waals surface area contributed by atoms with E-state index in [1.807, 2.05) is 0 Å². The molecule has 0 saturated heterocycles. The number of hydrogen-bond donors (Lipinski definition) is 0. The van der Waals surface area contributed by atoms with Gasteiger partial charge in [-0.3, -0.25) is 9.78 Å². The molecule has 6 heteroatoms. The molecule has 2 rings (SSSR count). The highest BCUT2D eigenvalue weighted by Crippen LogP contribution is 2.34. The van der Waals surface area contributed by atoms with Crippen LogP contribution in [0.1, 0.15) is 15.9 Å². The van der Waals surface area contributed by atoms with E-state index in [4.69, 9.17) is 4.74 Å². The van der Waals surface area contributed by atoms with Gasteiger partial charge in [0, 0.05) is 11.8 Å². The van der Waals surface area contributed by atoms with Crippen molar-refractivity contribution in [3.8, 4) is 11.5 Å². The number of carbonyl (C=O) groups excluding carboxylic acids is 1. The summed E-state index contributed by atoms with van der Waals surface area (Å²) in [6, 6.07) is 6.32. The second kappa shape index (κ2) is 5.09. The van der Waals surface area contributed by atoms with Crippen molar-refractivity contribution in [2.24, 2.45) is 0 Å². The Balaban J connectivity index is 2.36. The summed E-state index contributed by atoms with van der Waals surface area (Å²) < 4.78 is 43.4. The number of ether oxygens (including phenoxy) is 1. The number of nitrogens with zero attached hydrogens (tertiary/aromatic N) is 1. The van der Waals surface area contributed by atoms with E-state index in [0.717, 1.165) is 12.1 Å². The van der Waals surface area contributed by atoms with Crippen molar-refractivity contribution < 1.29 is 22.7 Å². The summed E-state index contributed by atoms with van der Waals surface area (Å²) in [5.41, 5.74) is -1.45. The summed E-state index contributed by atoms with van der Waals surface area (Å²) in [6.07, 6.45) is -1.55. The highest BCUT2D eigenvalue weighted by atomic mass is 19.4. The average molecular weight is 267 g/mol. The van der Waals surface area contributed by atoms with E-state index in [2.05, 4.69) is 4.98 Å². The molecule has 0 aliphatic rings. The highest BCUT2D eigenvalue weighted by molar-refractivity contribution is 5.78. The van der Waals surface area contributed by atoms with E-state index in [1.165, 1.54) is 18.5 Å². The predicted octanol–water partition coefficient (Wildman–Crippen LogP) is 3.71. The summed E-state index contributed by atoms with van der Waals surface area (Å²) in [5, 5.41) is 0. The fourth-order valence-electron chi connectivity index (χ4n) is 1.49. The van der Waals surface area contributed by atoms with Crippen molar-refractivity contribution in [3.05, 3.63) is 53.9 Å². The third-order valence-corrected chi connectivity index (χ3v) is 2.33. The summed E-state index contributed by atoms with van der Waals surface area (Å²) in [4.78, 5) is 14.4. The van der Waals surface area contributed by atoms with Gasteiger partial charge in [0.2, 0.25) is 0 Å². The van der Waals surface area contributed by atoms with E-state index < -0.39 is 17.3 Å². The minimum Gasteiger partial charge on any atom is -0.456 e. The fraction of sp³-hybridized carbons (Fsp3) is 0.0769. The van der Waals surface area contributed by atoms with Crippen LogP contribution >= 0.6 is 0 Å². The van der Waals surface area contributed by atoms with Gasteiger partial charge in [0.05, 0.1) is 11.8 Å². The van der Waals surface area contributed by atoms with E-state index in [9.17, 15) is 18.0 Å². The maximum absolute atomic E-state index is 12.7. The summed E-state index contributed by atoms with van der Waals surface area (Å²) in [5.74, 6) is 0.306. The number of hydrogen-bond acceptors (Lipinski definition) is 3. The molecule has 2 aromatic rings. The standard InChI is InChI=1S/C13H8F3NO2/c14-13(15,16)12-6-10(4-3-9(12)8-18)19-11-2-1-5-17-7-11/h1-8H. The second-order valence-electron chi connectivity index (χ2n) is 3.66.